The van der Waals surface area contributed by atoms with Gasteiger partial charge in [-0.05, 0) is 5.56 Å². The minimum Gasteiger partial charge on any atom is -0.318 e. The van der Waals surface area contributed by atoms with E-state index in [1.54, 1.807) is 0 Å². The quantitative estimate of drug-likeness (QED) is 0.728. The topological polar surface area (TPSA) is 43.1 Å². The smallest absolute Gasteiger partial charge is 0.154 e. The van der Waals surface area contributed by atoms with Gasteiger partial charge in [-0.2, -0.15) is 0 Å². The molecule has 2 heteroatoms. The highest BCUT2D eigenvalue weighted by Gasteiger charge is 2.13. The number of terminal acetylenes is 1. The number of Topliss-reactive ketones (excluding diaryl/α,β-unsaturated/α-hetero) is 1. The lowest BCUT2D eigenvalue weighted by Gasteiger charge is -2.09. The fraction of sp³-hybridized carbons (Fsp3) is 0.250. The summed E-state index contributed by atoms with van der Waals surface area (Å²) in [6.45, 7) is 0. The van der Waals surface area contributed by atoms with Crippen molar-refractivity contribution in [1.29, 1.82) is 0 Å². The van der Waals surface area contributed by atoms with Crippen LogP contribution in [0.2, 0.25) is 0 Å². The molecule has 0 saturated heterocycles. The molecule has 0 unspecified atom stereocenters. The molecular formula is C12H13NO. The molecule has 2 nitrogen and oxygen atoms in total. The molecule has 0 heterocycles. The van der Waals surface area contributed by atoms with Gasteiger partial charge in [0.2, 0.25) is 0 Å². The van der Waals surface area contributed by atoms with E-state index in [9.17, 15) is 4.79 Å². The molecule has 0 spiro atoms. The third kappa shape index (κ3) is 2.72. The molecule has 0 saturated carbocycles. The second-order valence-electron chi connectivity index (χ2n) is 3.06. The molecule has 14 heavy (non-hydrogen) atoms. The molecule has 0 fully saturated rings. The first-order valence-electron chi connectivity index (χ1n) is 4.52. The third-order valence-electron chi connectivity index (χ3n) is 2.02. The van der Waals surface area contributed by atoms with Gasteiger partial charge < -0.3 is 5.73 Å². The summed E-state index contributed by atoms with van der Waals surface area (Å²) in [4.78, 5) is 11.5. The maximum atomic E-state index is 11.5. The molecule has 1 aromatic carbocycles. The Labute approximate surface area is 84.1 Å². The first kappa shape index (κ1) is 10.5. The van der Waals surface area contributed by atoms with Gasteiger partial charge in [0, 0.05) is 12.8 Å². The van der Waals surface area contributed by atoms with E-state index in [4.69, 9.17) is 12.2 Å². The van der Waals surface area contributed by atoms with Crippen LogP contribution in [0.25, 0.3) is 0 Å². The van der Waals surface area contributed by atoms with Gasteiger partial charge in [0.05, 0.1) is 6.04 Å². The summed E-state index contributed by atoms with van der Waals surface area (Å²) in [6, 6.07) is 8.77. The summed E-state index contributed by atoms with van der Waals surface area (Å²) in [5, 5.41) is 0. The van der Waals surface area contributed by atoms with Crippen LogP contribution in [0.15, 0.2) is 30.3 Å². The van der Waals surface area contributed by atoms with E-state index in [1.165, 1.54) is 0 Å². The van der Waals surface area contributed by atoms with E-state index in [0.29, 0.717) is 12.8 Å². The van der Waals surface area contributed by atoms with Gasteiger partial charge in [0.1, 0.15) is 0 Å². The summed E-state index contributed by atoms with van der Waals surface area (Å²) in [5.41, 5.74) is 6.60. The molecule has 2 N–H and O–H groups in total. The molecule has 1 aromatic rings. The second-order valence-corrected chi connectivity index (χ2v) is 3.06. The lowest BCUT2D eigenvalue weighted by atomic mass is 10.0. The zero-order valence-corrected chi connectivity index (χ0v) is 7.94. The lowest BCUT2D eigenvalue weighted by Crippen LogP contribution is -2.20. The normalized spacial score (nSPS) is 11.7. The molecule has 0 amide bonds. The third-order valence-corrected chi connectivity index (χ3v) is 2.02. The van der Waals surface area contributed by atoms with Crippen molar-refractivity contribution in [3.05, 3.63) is 35.9 Å². The van der Waals surface area contributed by atoms with Crippen molar-refractivity contribution in [3.63, 3.8) is 0 Å². The number of hydrogen-bond acceptors (Lipinski definition) is 2. The summed E-state index contributed by atoms with van der Waals surface area (Å²) < 4.78 is 0. The van der Waals surface area contributed by atoms with Gasteiger partial charge in [-0.15, -0.1) is 12.3 Å². The van der Waals surface area contributed by atoms with Gasteiger partial charge in [-0.1, -0.05) is 30.3 Å². The van der Waals surface area contributed by atoms with Crippen molar-refractivity contribution in [3.8, 4) is 12.3 Å². The SMILES string of the molecule is C#CCCC(=O)[C@H](N)c1ccccc1. The molecule has 0 bridgehead atoms. The standard InChI is InChI=1S/C12H13NO/c1-2-3-9-11(14)12(13)10-7-5-4-6-8-10/h1,4-8,12H,3,9,13H2/t12-/m1/s1. The molecule has 1 rings (SSSR count). The average molecular weight is 187 g/mol. The molecule has 0 aliphatic rings. The summed E-state index contributed by atoms with van der Waals surface area (Å²) in [5.74, 6) is 2.42. The van der Waals surface area contributed by atoms with Crippen molar-refractivity contribution in [2.75, 3.05) is 0 Å². The average Bonchev–Trinajstić information content (AvgIpc) is 2.26. The Morgan fingerprint density at radius 1 is 1.43 bits per heavy atom. The van der Waals surface area contributed by atoms with Crippen molar-refractivity contribution in [2.24, 2.45) is 5.73 Å². The Hall–Kier alpha value is -1.59. The predicted molar refractivity (Wildman–Crippen MR) is 56.4 cm³/mol. The van der Waals surface area contributed by atoms with Gasteiger partial charge in [-0.3, -0.25) is 4.79 Å². The van der Waals surface area contributed by atoms with Crippen LogP contribution in [0.1, 0.15) is 24.4 Å². The Morgan fingerprint density at radius 3 is 2.64 bits per heavy atom. The number of ketones is 1. The van der Waals surface area contributed by atoms with E-state index >= 15 is 0 Å². The monoisotopic (exact) mass is 187 g/mol. The van der Waals surface area contributed by atoms with Crippen molar-refractivity contribution in [2.45, 2.75) is 18.9 Å². The molecule has 0 aromatic heterocycles. The van der Waals surface area contributed by atoms with E-state index in [0.717, 1.165) is 5.56 Å². The fourth-order valence-corrected chi connectivity index (χ4v) is 1.20. The first-order valence-corrected chi connectivity index (χ1v) is 4.52. The largest absolute Gasteiger partial charge is 0.318 e. The van der Waals surface area contributed by atoms with Gasteiger partial charge in [0.25, 0.3) is 0 Å². The predicted octanol–water partition coefficient (Wildman–Crippen LogP) is 1.67. The number of hydrogen-bond donors (Lipinski definition) is 1. The number of carbonyl (C=O) groups is 1. The summed E-state index contributed by atoms with van der Waals surface area (Å²) >= 11 is 0. The Kier molecular flexibility index (Phi) is 3.90. The molecule has 1 atom stereocenters. The van der Waals surface area contributed by atoms with E-state index < -0.39 is 6.04 Å². The fourth-order valence-electron chi connectivity index (χ4n) is 1.20. The Bertz CT molecular complexity index is 337. The van der Waals surface area contributed by atoms with Crippen LogP contribution in [0.5, 0.6) is 0 Å². The van der Waals surface area contributed by atoms with Crippen LogP contribution in [-0.4, -0.2) is 5.78 Å². The summed E-state index contributed by atoms with van der Waals surface area (Å²) in [7, 11) is 0. The van der Waals surface area contributed by atoms with Gasteiger partial charge >= 0.3 is 0 Å². The Morgan fingerprint density at radius 2 is 2.07 bits per heavy atom. The van der Waals surface area contributed by atoms with E-state index in [-0.39, 0.29) is 5.78 Å². The molecule has 0 aliphatic carbocycles. The van der Waals surface area contributed by atoms with Gasteiger partial charge in [0.15, 0.2) is 5.78 Å². The molecule has 72 valence electrons. The highest BCUT2D eigenvalue weighted by molar-refractivity contribution is 5.85. The highest BCUT2D eigenvalue weighted by Crippen LogP contribution is 2.12. The minimum absolute atomic E-state index is 0.00542. The van der Waals surface area contributed by atoms with E-state index in [2.05, 4.69) is 5.92 Å². The first-order chi connectivity index (χ1) is 6.75. The zero-order chi connectivity index (χ0) is 10.4. The summed E-state index contributed by atoms with van der Waals surface area (Å²) in [6.07, 6.45) is 5.88. The maximum Gasteiger partial charge on any atom is 0.154 e. The zero-order valence-electron chi connectivity index (χ0n) is 7.94. The second kappa shape index (κ2) is 5.21. The lowest BCUT2D eigenvalue weighted by molar-refractivity contribution is -0.120. The number of rotatable bonds is 4. The van der Waals surface area contributed by atoms with Crippen molar-refractivity contribution >= 4 is 5.78 Å². The van der Waals surface area contributed by atoms with Crippen LogP contribution in [0.3, 0.4) is 0 Å². The van der Waals surface area contributed by atoms with Crippen LogP contribution < -0.4 is 5.73 Å². The molecular weight excluding hydrogens is 174 g/mol. The minimum atomic E-state index is -0.537. The van der Waals surface area contributed by atoms with E-state index in [1.807, 2.05) is 30.3 Å². The number of benzene rings is 1. The number of nitrogens with two attached hydrogens (primary N) is 1. The van der Waals surface area contributed by atoms with Crippen LogP contribution >= 0.6 is 0 Å². The Balaban J connectivity index is 2.62. The van der Waals surface area contributed by atoms with Gasteiger partial charge in [-0.25, -0.2) is 0 Å². The van der Waals surface area contributed by atoms with Crippen LogP contribution in [0.4, 0.5) is 0 Å². The molecule has 0 aliphatic heterocycles. The van der Waals surface area contributed by atoms with Crippen LogP contribution in [-0.2, 0) is 4.79 Å². The van der Waals surface area contributed by atoms with Crippen LogP contribution in [0, 0.1) is 12.3 Å². The highest BCUT2D eigenvalue weighted by atomic mass is 16.1. The molecule has 0 radical (unpaired) electrons. The number of carbonyl (C=O) groups excluding carboxylic acids is 1. The maximum absolute atomic E-state index is 11.5. The van der Waals surface area contributed by atoms with Crippen molar-refractivity contribution in [1.82, 2.24) is 0 Å². The van der Waals surface area contributed by atoms with Crippen molar-refractivity contribution < 1.29 is 4.79 Å².